The normalized spacial score (nSPS) is 10.9. The lowest BCUT2D eigenvalue weighted by molar-refractivity contribution is 0.628. The van der Waals surface area contributed by atoms with Gasteiger partial charge in [0.05, 0.1) is 10.9 Å². The molecule has 0 fully saturated rings. The molecule has 0 aliphatic rings. The summed E-state index contributed by atoms with van der Waals surface area (Å²) in [5.74, 6) is 0.402. The summed E-state index contributed by atoms with van der Waals surface area (Å²) >= 11 is 0. The summed E-state index contributed by atoms with van der Waals surface area (Å²) in [7, 11) is 0. The van der Waals surface area contributed by atoms with Gasteiger partial charge in [0, 0.05) is 6.42 Å². The fourth-order valence-corrected chi connectivity index (χ4v) is 2.18. The average molecular weight is 268 g/mol. The number of aromatic amines is 1. The SMILES string of the molecule is CCc1nc2ccc(-c3ccc(F)cc3)cc2c(=O)[nH]1. The lowest BCUT2D eigenvalue weighted by Gasteiger charge is -2.05. The molecule has 0 spiro atoms. The highest BCUT2D eigenvalue weighted by Crippen LogP contribution is 2.22. The standard InChI is InChI=1S/C16H13FN2O/c1-2-15-18-14-8-5-11(9-13(14)16(20)19-15)10-3-6-12(17)7-4-10/h3-9H,2H2,1H3,(H,18,19,20). The Morgan fingerprint density at radius 2 is 1.80 bits per heavy atom. The van der Waals surface area contributed by atoms with E-state index < -0.39 is 0 Å². The predicted molar refractivity (Wildman–Crippen MR) is 77.1 cm³/mol. The highest BCUT2D eigenvalue weighted by molar-refractivity contribution is 5.83. The first-order valence-electron chi connectivity index (χ1n) is 6.46. The van der Waals surface area contributed by atoms with Crippen molar-refractivity contribution in [2.24, 2.45) is 0 Å². The molecule has 100 valence electrons. The summed E-state index contributed by atoms with van der Waals surface area (Å²) in [5.41, 5.74) is 2.27. The molecule has 0 unspecified atom stereocenters. The maximum atomic E-state index is 12.9. The zero-order chi connectivity index (χ0) is 14.1. The van der Waals surface area contributed by atoms with Crippen molar-refractivity contribution in [2.45, 2.75) is 13.3 Å². The molecule has 0 saturated heterocycles. The van der Waals surface area contributed by atoms with E-state index in [9.17, 15) is 9.18 Å². The van der Waals surface area contributed by atoms with Gasteiger partial charge in [-0.25, -0.2) is 9.37 Å². The van der Waals surface area contributed by atoms with E-state index in [-0.39, 0.29) is 11.4 Å². The number of hydrogen-bond donors (Lipinski definition) is 1. The Hall–Kier alpha value is -2.49. The van der Waals surface area contributed by atoms with E-state index in [4.69, 9.17) is 0 Å². The molecular weight excluding hydrogens is 255 g/mol. The van der Waals surface area contributed by atoms with Crippen molar-refractivity contribution in [3.63, 3.8) is 0 Å². The second kappa shape index (κ2) is 4.89. The third-order valence-electron chi connectivity index (χ3n) is 3.27. The van der Waals surface area contributed by atoms with Crippen LogP contribution >= 0.6 is 0 Å². The van der Waals surface area contributed by atoms with E-state index in [0.717, 1.165) is 11.1 Å². The smallest absolute Gasteiger partial charge is 0.258 e. The summed E-state index contributed by atoms with van der Waals surface area (Å²) < 4.78 is 12.9. The molecule has 3 aromatic rings. The molecule has 1 aromatic heterocycles. The lowest BCUT2D eigenvalue weighted by atomic mass is 10.0. The van der Waals surface area contributed by atoms with E-state index in [1.807, 2.05) is 19.1 Å². The van der Waals surface area contributed by atoms with Crippen LogP contribution in [0.15, 0.2) is 47.3 Å². The number of nitrogens with zero attached hydrogens (tertiary/aromatic N) is 1. The molecule has 4 heteroatoms. The van der Waals surface area contributed by atoms with Gasteiger partial charge in [-0.2, -0.15) is 0 Å². The van der Waals surface area contributed by atoms with Crippen molar-refractivity contribution >= 4 is 10.9 Å². The molecule has 0 radical (unpaired) electrons. The molecule has 2 aromatic carbocycles. The molecule has 3 rings (SSSR count). The first kappa shape index (κ1) is 12.5. The Morgan fingerprint density at radius 1 is 1.10 bits per heavy atom. The number of benzene rings is 2. The van der Waals surface area contributed by atoms with Gasteiger partial charge in [-0.3, -0.25) is 4.79 Å². The van der Waals surface area contributed by atoms with Gasteiger partial charge in [0.1, 0.15) is 11.6 Å². The highest BCUT2D eigenvalue weighted by atomic mass is 19.1. The van der Waals surface area contributed by atoms with Crippen LogP contribution in [0.4, 0.5) is 4.39 Å². The molecule has 0 aliphatic carbocycles. The van der Waals surface area contributed by atoms with Gasteiger partial charge in [-0.1, -0.05) is 25.1 Å². The molecule has 20 heavy (non-hydrogen) atoms. The van der Waals surface area contributed by atoms with Crippen LogP contribution in [0.5, 0.6) is 0 Å². The third-order valence-corrected chi connectivity index (χ3v) is 3.27. The van der Waals surface area contributed by atoms with E-state index >= 15 is 0 Å². The number of nitrogens with one attached hydrogen (secondary N) is 1. The van der Waals surface area contributed by atoms with Crippen LogP contribution < -0.4 is 5.56 Å². The number of halogens is 1. The van der Waals surface area contributed by atoms with Crippen molar-refractivity contribution in [3.8, 4) is 11.1 Å². The number of H-pyrrole nitrogens is 1. The van der Waals surface area contributed by atoms with Crippen molar-refractivity contribution in [2.75, 3.05) is 0 Å². The lowest BCUT2D eigenvalue weighted by Crippen LogP contribution is -2.11. The number of hydrogen-bond acceptors (Lipinski definition) is 2. The third kappa shape index (κ3) is 2.20. The molecule has 3 nitrogen and oxygen atoms in total. The number of aromatic nitrogens is 2. The fraction of sp³-hybridized carbons (Fsp3) is 0.125. The Labute approximate surface area is 115 Å². The molecule has 1 N–H and O–H groups in total. The molecule has 0 saturated carbocycles. The Balaban J connectivity index is 2.18. The first-order valence-corrected chi connectivity index (χ1v) is 6.46. The van der Waals surface area contributed by atoms with Crippen molar-refractivity contribution in [1.82, 2.24) is 9.97 Å². The molecular formula is C16H13FN2O. The van der Waals surface area contributed by atoms with Gasteiger partial charge in [0.15, 0.2) is 0 Å². The molecule has 0 bridgehead atoms. The van der Waals surface area contributed by atoms with Crippen molar-refractivity contribution in [3.05, 3.63) is 64.5 Å². The minimum Gasteiger partial charge on any atom is -0.310 e. The maximum absolute atomic E-state index is 12.9. The summed E-state index contributed by atoms with van der Waals surface area (Å²) in [4.78, 5) is 19.2. The first-order chi connectivity index (χ1) is 9.67. The fourth-order valence-electron chi connectivity index (χ4n) is 2.18. The summed E-state index contributed by atoms with van der Waals surface area (Å²) in [6, 6.07) is 11.7. The second-order valence-electron chi connectivity index (χ2n) is 4.60. The van der Waals surface area contributed by atoms with Crippen molar-refractivity contribution < 1.29 is 4.39 Å². The second-order valence-corrected chi connectivity index (χ2v) is 4.60. The highest BCUT2D eigenvalue weighted by Gasteiger charge is 2.05. The van der Waals surface area contributed by atoms with Crippen LogP contribution in [-0.4, -0.2) is 9.97 Å². The quantitative estimate of drug-likeness (QED) is 0.775. The summed E-state index contributed by atoms with van der Waals surface area (Å²) in [6.07, 6.45) is 0.685. The van der Waals surface area contributed by atoms with E-state index in [2.05, 4.69) is 9.97 Å². The largest absolute Gasteiger partial charge is 0.310 e. The molecule has 1 heterocycles. The van der Waals surface area contributed by atoms with Crippen LogP contribution in [-0.2, 0) is 6.42 Å². The van der Waals surface area contributed by atoms with Gasteiger partial charge in [-0.05, 0) is 35.4 Å². The molecule has 0 aliphatic heterocycles. The van der Waals surface area contributed by atoms with Gasteiger partial charge in [0.2, 0.25) is 0 Å². The zero-order valence-electron chi connectivity index (χ0n) is 11.0. The van der Waals surface area contributed by atoms with Crippen LogP contribution in [0, 0.1) is 5.82 Å². The summed E-state index contributed by atoms with van der Waals surface area (Å²) in [5, 5.41) is 0.545. The van der Waals surface area contributed by atoms with E-state index in [1.165, 1.54) is 12.1 Å². The average Bonchev–Trinajstić information content (AvgIpc) is 2.47. The topological polar surface area (TPSA) is 45.8 Å². The zero-order valence-corrected chi connectivity index (χ0v) is 11.0. The number of fused-ring (bicyclic) bond motifs is 1. The predicted octanol–water partition coefficient (Wildman–Crippen LogP) is 3.29. The van der Waals surface area contributed by atoms with Crippen LogP contribution in [0.2, 0.25) is 0 Å². The molecule has 0 amide bonds. The monoisotopic (exact) mass is 268 g/mol. The summed E-state index contributed by atoms with van der Waals surface area (Å²) in [6.45, 7) is 1.94. The van der Waals surface area contributed by atoms with E-state index in [1.54, 1.807) is 18.2 Å². The van der Waals surface area contributed by atoms with Gasteiger partial charge in [-0.15, -0.1) is 0 Å². The minimum atomic E-state index is -0.276. The number of rotatable bonds is 2. The van der Waals surface area contributed by atoms with Gasteiger partial charge >= 0.3 is 0 Å². The van der Waals surface area contributed by atoms with Crippen LogP contribution in [0.3, 0.4) is 0 Å². The molecule has 0 atom stereocenters. The van der Waals surface area contributed by atoms with E-state index in [0.29, 0.717) is 23.1 Å². The van der Waals surface area contributed by atoms with Crippen LogP contribution in [0.25, 0.3) is 22.0 Å². The van der Waals surface area contributed by atoms with Gasteiger partial charge in [0.25, 0.3) is 5.56 Å². The Kier molecular flexibility index (Phi) is 3.06. The van der Waals surface area contributed by atoms with Gasteiger partial charge < -0.3 is 4.98 Å². The Morgan fingerprint density at radius 3 is 2.50 bits per heavy atom. The Bertz CT molecular complexity index is 822. The maximum Gasteiger partial charge on any atom is 0.258 e. The number of aryl methyl sites for hydroxylation is 1. The van der Waals surface area contributed by atoms with Crippen molar-refractivity contribution in [1.29, 1.82) is 0 Å². The van der Waals surface area contributed by atoms with Crippen LogP contribution in [0.1, 0.15) is 12.7 Å². The minimum absolute atomic E-state index is 0.143.